The number of sulfone groups is 1. The number of benzene rings is 1. The summed E-state index contributed by atoms with van der Waals surface area (Å²) in [6.45, 7) is 3.18. The van der Waals surface area contributed by atoms with Gasteiger partial charge in [-0.3, -0.25) is 4.79 Å². The number of nitrogens with one attached hydrogen (secondary N) is 2. The van der Waals surface area contributed by atoms with Crippen molar-refractivity contribution in [1.82, 2.24) is 14.2 Å². The number of fused-ring (bicyclic) bond motifs is 2. The molecule has 2 N–H and O–H groups in total. The monoisotopic (exact) mass is 528 g/mol. The summed E-state index contributed by atoms with van der Waals surface area (Å²) in [5, 5.41) is 2.51. The summed E-state index contributed by atoms with van der Waals surface area (Å²) >= 11 is 0. The van der Waals surface area contributed by atoms with Crippen LogP contribution in [0.4, 0.5) is 14.9 Å². The summed E-state index contributed by atoms with van der Waals surface area (Å²) in [5.41, 5.74) is 0.114. The molecule has 2 aliphatic rings. The molecule has 3 heterocycles. The SMILES string of the molecule is CCOC(=O)N1C[C@H]2CS(=O)(=O)c3c(cn(C)c3C(=O)Nc3ccc(F)c(C)c3)S(=O)(=O)N[C@H]2C1. The first-order valence-electron chi connectivity index (χ1n) is 10.8. The molecule has 2 aromatic rings. The lowest BCUT2D eigenvalue weighted by molar-refractivity contribution is 0.101. The average molecular weight is 529 g/mol. The van der Waals surface area contributed by atoms with Gasteiger partial charge in [-0.25, -0.2) is 30.7 Å². The number of ether oxygens (including phenoxy) is 1. The Kier molecular flexibility index (Phi) is 6.40. The number of nitrogens with zero attached hydrogens (tertiary/aromatic N) is 2. The Balaban J connectivity index is 1.74. The van der Waals surface area contributed by atoms with Crippen LogP contribution in [0, 0.1) is 18.7 Å². The molecule has 190 valence electrons. The van der Waals surface area contributed by atoms with Crippen LogP contribution in [0.5, 0.6) is 0 Å². The van der Waals surface area contributed by atoms with Gasteiger partial charge in [0, 0.05) is 44.0 Å². The number of hydrogen-bond acceptors (Lipinski definition) is 7. The molecule has 14 heteroatoms. The molecular weight excluding hydrogens is 503 g/mol. The second-order valence-electron chi connectivity index (χ2n) is 8.57. The van der Waals surface area contributed by atoms with Crippen LogP contribution in [0.2, 0.25) is 0 Å². The first-order valence-corrected chi connectivity index (χ1v) is 13.9. The van der Waals surface area contributed by atoms with Crippen molar-refractivity contribution in [2.24, 2.45) is 13.0 Å². The van der Waals surface area contributed by atoms with Crippen molar-refractivity contribution in [3.8, 4) is 0 Å². The Morgan fingerprint density at radius 3 is 2.60 bits per heavy atom. The largest absolute Gasteiger partial charge is 0.450 e. The van der Waals surface area contributed by atoms with E-state index in [4.69, 9.17) is 4.74 Å². The molecular formula is C21H25FN4O7S2. The second-order valence-corrected chi connectivity index (χ2v) is 12.2. The molecule has 1 aromatic carbocycles. The van der Waals surface area contributed by atoms with Crippen molar-refractivity contribution in [3.63, 3.8) is 0 Å². The van der Waals surface area contributed by atoms with Crippen LogP contribution >= 0.6 is 0 Å². The molecule has 0 saturated carbocycles. The first-order chi connectivity index (χ1) is 16.3. The molecule has 0 spiro atoms. The first kappa shape index (κ1) is 25.1. The summed E-state index contributed by atoms with van der Waals surface area (Å²) in [6, 6.07) is 3.00. The Hall–Kier alpha value is -2.97. The van der Waals surface area contributed by atoms with Gasteiger partial charge in [-0.05, 0) is 37.6 Å². The fourth-order valence-electron chi connectivity index (χ4n) is 4.41. The van der Waals surface area contributed by atoms with Gasteiger partial charge in [-0.2, -0.15) is 0 Å². The van der Waals surface area contributed by atoms with Gasteiger partial charge in [-0.1, -0.05) is 0 Å². The summed E-state index contributed by atoms with van der Waals surface area (Å²) in [4.78, 5) is 25.4. The van der Waals surface area contributed by atoms with E-state index in [2.05, 4.69) is 10.0 Å². The number of amides is 2. The number of carbonyl (C=O) groups excluding carboxylic acids is 2. The van der Waals surface area contributed by atoms with Crippen LogP contribution in [0.3, 0.4) is 0 Å². The van der Waals surface area contributed by atoms with Gasteiger partial charge < -0.3 is 19.5 Å². The summed E-state index contributed by atoms with van der Waals surface area (Å²) < 4.78 is 75.6. The van der Waals surface area contributed by atoms with E-state index in [0.29, 0.717) is 0 Å². The molecule has 4 rings (SSSR count). The van der Waals surface area contributed by atoms with Crippen LogP contribution < -0.4 is 10.0 Å². The molecule has 11 nitrogen and oxygen atoms in total. The Morgan fingerprint density at radius 1 is 1.23 bits per heavy atom. The highest BCUT2D eigenvalue weighted by molar-refractivity contribution is 7.94. The Bertz CT molecular complexity index is 1420. The number of rotatable bonds is 3. The minimum absolute atomic E-state index is 0.0240. The Labute approximate surface area is 202 Å². The van der Waals surface area contributed by atoms with E-state index in [9.17, 15) is 30.8 Å². The zero-order chi connectivity index (χ0) is 25.7. The van der Waals surface area contributed by atoms with Crippen molar-refractivity contribution < 1.29 is 35.6 Å². The number of sulfonamides is 1. The van der Waals surface area contributed by atoms with Gasteiger partial charge in [0.15, 0.2) is 9.84 Å². The molecule has 0 bridgehead atoms. The molecule has 2 amide bonds. The minimum atomic E-state index is -4.37. The van der Waals surface area contributed by atoms with Crippen LogP contribution in [0.15, 0.2) is 34.2 Å². The van der Waals surface area contributed by atoms with Crippen molar-refractivity contribution in [3.05, 3.63) is 41.5 Å². The molecule has 0 unspecified atom stereocenters. The lowest BCUT2D eigenvalue weighted by atomic mass is 10.1. The zero-order valence-electron chi connectivity index (χ0n) is 19.2. The molecule has 1 saturated heterocycles. The van der Waals surface area contributed by atoms with E-state index in [1.54, 1.807) is 6.92 Å². The van der Waals surface area contributed by atoms with Gasteiger partial charge >= 0.3 is 6.09 Å². The Morgan fingerprint density at radius 2 is 1.94 bits per heavy atom. The summed E-state index contributed by atoms with van der Waals surface area (Å²) in [6.07, 6.45) is 0.405. The van der Waals surface area contributed by atoms with Crippen LogP contribution in [0.25, 0.3) is 0 Å². The molecule has 0 radical (unpaired) electrons. The molecule has 1 aromatic heterocycles. The van der Waals surface area contributed by atoms with Gasteiger partial charge in [-0.15, -0.1) is 0 Å². The van der Waals surface area contributed by atoms with E-state index in [0.717, 1.165) is 16.8 Å². The maximum Gasteiger partial charge on any atom is 0.409 e. The third-order valence-corrected chi connectivity index (χ3v) is 9.57. The van der Waals surface area contributed by atoms with E-state index < -0.39 is 65.2 Å². The molecule has 2 atom stereocenters. The maximum atomic E-state index is 13.6. The number of aryl methyl sites for hydroxylation is 2. The van der Waals surface area contributed by atoms with Gasteiger partial charge in [0.1, 0.15) is 21.3 Å². The van der Waals surface area contributed by atoms with Gasteiger partial charge in [0.2, 0.25) is 10.0 Å². The molecule has 2 aliphatic heterocycles. The zero-order valence-corrected chi connectivity index (χ0v) is 20.9. The topological polar surface area (TPSA) is 144 Å². The highest BCUT2D eigenvalue weighted by atomic mass is 32.2. The van der Waals surface area contributed by atoms with Crippen LogP contribution in [-0.4, -0.2) is 69.8 Å². The smallest absolute Gasteiger partial charge is 0.409 e. The maximum absolute atomic E-state index is 13.6. The highest BCUT2D eigenvalue weighted by Gasteiger charge is 2.46. The number of anilines is 1. The molecule has 1 fully saturated rings. The average Bonchev–Trinajstić information content (AvgIpc) is 3.31. The van der Waals surface area contributed by atoms with Crippen molar-refractivity contribution in [2.75, 3.05) is 30.8 Å². The van der Waals surface area contributed by atoms with E-state index in [1.165, 1.54) is 31.0 Å². The summed E-state index contributed by atoms with van der Waals surface area (Å²) in [5.74, 6) is -2.57. The van der Waals surface area contributed by atoms with Crippen molar-refractivity contribution >= 4 is 37.5 Å². The normalized spacial score (nSPS) is 22.5. The predicted molar refractivity (Wildman–Crippen MR) is 123 cm³/mol. The van der Waals surface area contributed by atoms with Crippen LogP contribution in [0.1, 0.15) is 23.0 Å². The highest BCUT2D eigenvalue weighted by Crippen LogP contribution is 2.34. The van der Waals surface area contributed by atoms with Crippen molar-refractivity contribution in [2.45, 2.75) is 29.7 Å². The number of likely N-dealkylation sites (tertiary alicyclic amines) is 1. The number of hydrogen-bond donors (Lipinski definition) is 2. The van der Waals surface area contributed by atoms with E-state index in [-0.39, 0.29) is 36.6 Å². The van der Waals surface area contributed by atoms with E-state index >= 15 is 0 Å². The fourth-order valence-corrected chi connectivity index (χ4v) is 8.51. The van der Waals surface area contributed by atoms with Crippen LogP contribution in [-0.2, 0) is 31.6 Å². The second kappa shape index (κ2) is 8.91. The number of halogens is 1. The van der Waals surface area contributed by atoms with Crippen molar-refractivity contribution in [1.29, 1.82) is 0 Å². The molecule has 0 aliphatic carbocycles. The number of aromatic nitrogens is 1. The summed E-state index contributed by atoms with van der Waals surface area (Å²) in [7, 11) is -7.29. The van der Waals surface area contributed by atoms with Gasteiger partial charge in [0.25, 0.3) is 5.91 Å². The third kappa shape index (κ3) is 4.65. The minimum Gasteiger partial charge on any atom is -0.450 e. The standard InChI is InChI=1S/C21H25FN4O7S2/c1-4-33-21(28)26-8-13-11-34(29,30)19-17(35(31,32)24-16(13)9-26)10-25(3)18(19)20(27)23-14-5-6-15(22)12(2)7-14/h5-7,10,13,16,24H,4,8-9,11H2,1-3H3,(H,23,27)/t13-,16-/m0/s1. The van der Waals surface area contributed by atoms with E-state index in [1.807, 2.05) is 0 Å². The lowest BCUT2D eigenvalue weighted by Crippen LogP contribution is -2.44. The fraction of sp³-hybridized carbons (Fsp3) is 0.429. The quantitative estimate of drug-likeness (QED) is 0.610. The van der Waals surface area contributed by atoms with Gasteiger partial charge in [0.05, 0.1) is 12.4 Å². The number of carbonyl (C=O) groups is 2. The predicted octanol–water partition coefficient (Wildman–Crippen LogP) is 1.25. The molecule has 35 heavy (non-hydrogen) atoms. The lowest BCUT2D eigenvalue weighted by Gasteiger charge is -2.23. The third-order valence-electron chi connectivity index (χ3n) is 6.04.